The van der Waals surface area contributed by atoms with Gasteiger partial charge >= 0.3 is 5.69 Å². The predicted molar refractivity (Wildman–Crippen MR) is 77.0 cm³/mol. The van der Waals surface area contributed by atoms with Gasteiger partial charge in [-0.25, -0.2) is 9.78 Å². The topological polar surface area (TPSA) is 90.9 Å². The highest BCUT2D eigenvalue weighted by molar-refractivity contribution is 9.09. The van der Waals surface area contributed by atoms with Crippen LogP contribution in [0.3, 0.4) is 0 Å². The number of rotatable bonds is 4. The summed E-state index contributed by atoms with van der Waals surface area (Å²) in [6, 6.07) is 0. The molecule has 0 aliphatic heterocycles. The fourth-order valence-electron chi connectivity index (χ4n) is 1.91. The van der Waals surface area contributed by atoms with Gasteiger partial charge in [0, 0.05) is 26.0 Å². The predicted octanol–water partition coefficient (Wildman–Crippen LogP) is -1.06. The van der Waals surface area contributed by atoms with Crippen molar-refractivity contribution >= 4 is 33.0 Å². The molecule has 108 valence electrons. The Hall–Kier alpha value is -1.90. The highest BCUT2D eigenvalue weighted by Crippen LogP contribution is 2.04. The largest absolute Gasteiger partial charge is 0.354 e. The first kappa shape index (κ1) is 14.5. The standard InChI is InChI=1S/C11H14BrN5O3/c1-15-9-8(10(19)16(2)11(15)20)17(6-14-9)5-7(18)13-4-3-12/h6H,3-5H2,1-2H3,(H,13,18). The molecule has 9 heteroatoms. The third-order valence-corrected chi connectivity index (χ3v) is 3.34. The van der Waals surface area contributed by atoms with Gasteiger partial charge in [-0.15, -0.1) is 0 Å². The molecule has 0 aromatic carbocycles. The van der Waals surface area contributed by atoms with Crippen molar-refractivity contribution in [2.75, 3.05) is 11.9 Å². The van der Waals surface area contributed by atoms with Crippen molar-refractivity contribution in [3.05, 3.63) is 27.2 Å². The molecule has 1 amide bonds. The average molecular weight is 344 g/mol. The summed E-state index contributed by atoms with van der Waals surface area (Å²) in [7, 11) is 2.93. The normalized spacial score (nSPS) is 10.9. The third kappa shape index (κ3) is 2.40. The van der Waals surface area contributed by atoms with Crippen molar-refractivity contribution in [1.29, 1.82) is 0 Å². The van der Waals surface area contributed by atoms with Gasteiger partial charge in [0.05, 0.1) is 6.33 Å². The van der Waals surface area contributed by atoms with Gasteiger partial charge in [-0.05, 0) is 0 Å². The van der Waals surface area contributed by atoms with Gasteiger partial charge in [0.15, 0.2) is 11.2 Å². The van der Waals surface area contributed by atoms with Crippen LogP contribution in [-0.4, -0.2) is 36.5 Å². The number of nitrogens with zero attached hydrogens (tertiary/aromatic N) is 4. The number of imidazole rings is 1. The van der Waals surface area contributed by atoms with Crippen molar-refractivity contribution in [1.82, 2.24) is 24.0 Å². The van der Waals surface area contributed by atoms with E-state index in [-0.39, 0.29) is 23.6 Å². The Balaban J connectivity index is 2.50. The summed E-state index contributed by atoms with van der Waals surface area (Å²) < 4.78 is 3.72. The zero-order chi connectivity index (χ0) is 14.9. The molecule has 0 unspecified atom stereocenters. The Bertz CT molecular complexity index is 773. The number of aryl methyl sites for hydroxylation is 1. The molecule has 0 aliphatic rings. The SMILES string of the molecule is Cn1c(=O)c2c(ncn2CC(=O)NCCBr)n(C)c1=O. The van der Waals surface area contributed by atoms with E-state index in [1.54, 1.807) is 0 Å². The smallest absolute Gasteiger partial charge is 0.332 e. The molecule has 0 saturated carbocycles. The first-order valence-corrected chi connectivity index (χ1v) is 7.03. The van der Waals surface area contributed by atoms with Gasteiger partial charge in [-0.1, -0.05) is 15.9 Å². The lowest BCUT2D eigenvalue weighted by molar-refractivity contribution is -0.121. The summed E-state index contributed by atoms with van der Waals surface area (Å²) in [6.07, 6.45) is 1.39. The van der Waals surface area contributed by atoms with Gasteiger partial charge in [0.25, 0.3) is 5.56 Å². The molecule has 2 aromatic heterocycles. The number of carbonyl (C=O) groups excluding carboxylic acids is 1. The zero-order valence-corrected chi connectivity index (χ0v) is 12.7. The molecule has 0 bridgehead atoms. The average Bonchev–Trinajstić information content (AvgIpc) is 2.84. The number of halogens is 1. The summed E-state index contributed by atoms with van der Waals surface area (Å²) in [5, 5.41) is 3.34. The van der Waals surface area contributed by atoms with E-state index in [0.29, 0.717) is 11.9 Å². The minimum atomic E-state index is -0.464. The second-order valence-corrected chi connectivity index (χ2v) is 5.08. The number of nitrogens with one attached hydrogen (secondary N) is 1. The quantitative estimate of drug-likeness (QED) is 0.717. The Morgan fingerprint density at radius 1 is 1.35 bits per heavy atom. The number of carbonyl (C=O) groups is 1. The summed E-state index contributed by atoms with van der Waals surface area (Å²) in [5.74, 6) is -0.223. The van der Waals surface area contributed by atoms with E-state index in [1.165, 1.54) is 29.6 Å². The molecule has 8 nitrogen and oxygen atoms in total. The van der Waals surface area contributed by atoms with Crippen LogP contribution in [0.1, 0.15) is 0 Å². The molecule has 2 rings (SSSR count). The summed E-state index contributed by atoms with van der Waals surface area (Å²) in [5.41, 5.74) is -0.402. The third-order valence-electron chi connectivity index (χ3n) is 2.95. The Morgan fingerprint density at radius 2 is 2.05 bits per heavy atom. The van der Waals surface area contributed by atoms with E-state index in [9.17, 15) is 14.4 Å². The number of amides is 1. The molecule has 0 saturated heterocycles. The molecule has 2 heterocycles. The molecule has 0 aliphatic carbocycles. The number of hydrogen-bond acceptors (Lipinski definition) is 4. The minimum Gasteiger partial charge on any atom is -0.354 e. The maximum absolute atomic E-state index is 12.1. The second kappa shape index (κ2) is 5.61. The first-order valence-electron chi connectivity index (χ1n) is 5.91. The van der Waals surface area contributed by atoms with Crippen LogP contribution in [0.25, 0.3) is 11.2 Å². The summed E-state index contributed by atoms with van der Waals surface area (Å²) in [6.45, 7) is 0.485. The maximum Gasteiger partial charge on any atom is 0.332 e. The maximum atomic E-state index is 12.1. The van der Waals surface area contributed by atoms with E-state index in [4.69, 9.17) is 0 Å². The van der Waals surface area contributed by atoms with Gasteiger partial charge in [-0.2, -0.15) is 0 Å². The Kier molecular flexibility index (Phi) is 4.07. The lowest BCUT2D eigenvalue weighted by atomic mass is 10.4. The molecule has 20 heavy (non-hydrogen) atoms. The fourth-order valence-corrected chi connectivity index (χ4v) is 2.11. The van der Waals surface area contributed by atoms with Crippen molar-refractivity contribution in [3.8, 4) is 0 Å². The van der Waals surface area contributed by atoms with Crippen molar-refractivity contribution in [2.24, 2.45) is 14.1 Å². The van der Waals surface area contributed by atoms with Gasteiger partial charge in [0.2, 0.25) is 5.91 Å². The van der Waals surface area contributed by atoms with Crippen LogP contribution in [0, 0.1) is 0 Å². The molecule has 0 spiro atoms. The number of fused-ring (bicyclic) bond motifs is 1. The van der Waals surface area contributed by atoms with Crippen molar-refractivity contribution in [3.63, 3.8) is 0 Å². The summed E-state index contributed by atoms with van der Waals surface area (Å²) >= 11 is 3.21. The first-order chi connectivity index (χ1) is 9.47. The molecule has 1 N–H and O–H groups in total. The van der Waals surface area contributed by atoms with E-state index >= 15 is 0 Å². The fraction of sp³-hybridized carbons (Fsp3) is 0.455. The van der Waals surface area contributed by atoms with Crippen LogP contribution in [0.15, 0.2) is 15.9 Å². The lowest BCUT2D eigenvalue weighted by Crippen LogP contribution is -2.38. The van der Waals surface area contributed by atoms with E-state index in [0.717, 1.165) is 4.57 Å². The Labute approximate surface area is 122 Å². The molecule has 0 fully saturated rings. The molecule has 0 radical (unpaired) electrons. The monoisotopic (exact) mass is 343 g/mol. The van der Waals surface area contributed by atoms with Crippen LogP contribution in [-0.2, 0) is 25.4 Å². The highest BCUT2D eigenvalue weighted by atomic mass is 79.9. The number of hydrogen-bond donors (Lipinski definition) is 1. The lowest BCUT2D eigenvalue weighted by Gasteiger charge is -2.06. The van der Waals surface area contributed by atoms with Gasteiger partial charge in [-0.3, -0.25) is 18.7 Å². The van der Waals surface area contributed by atoms with E-state index in [2.05, 4.69) is 26.2 Å². The van der Waals surface area contributed by atoms with E-state index < -0.39 is 11.2 Å². The zero-order valence-electron chi connectivity index (χ0n) is 11.1. The van der Waals surface area contributed by atoms with Crippen LogP contribution >= 0.6 is 15.9 Å². The van der Waals surface area contributed by atoms with Crippen LogP contribution in [0.5, 0.6) is 0 Å². The van der Waals surface area contributed by atoms with Crippen LogP contribution in [0.2, 0.25) is 0 Å². The molecular formula is C11H14BrN5O3. The molecule has 0 atom stereocenters. The van der Waals surface area contributed by atoms with Crippen molar-refractivity contribution in [2.45, 2.75) is 6.54 Å². The van der Waals surface area contributed by atoms with Crippen LogP contribution in [0.4, 0.5) is 0 Å². The van der Waals surface area contributed by atoms with Crippen LogP contribution < -0.4 is 16.6 Å². The van der Waals surface area contributed by atoms with Gasteiger partial charge in [0.1, 0.15) is 6.54 Å². The number of alkyl halides is 1. The van der Waals surface area contributed by atoms with Crippen molar-refractivity contribution < 1.29 is 4.79 Å². The summed E-state index contributed by atoms with van der Waals surface area (Å²) in [4.78, 5) is 39.6. The minimum absolute atomic E-state index is 0.0169. The molecular weight excluding hydrogens is 330 g/mol. The highest BCUT2D eigenvalue weighted by Gasteiger charge is 2.15. The molecule has 2 aromatic rings. The second-order valence-electron chi connectivity index (χ2n) is 4.29. The number of aromatic nitrogens is 4. The Morgan fingerprint density at radius 3 is 2.70 bits per heavy atom. The van der Waals surface area contributed by atoms with E-state index in [1.807, 2.05) is 0 Å². The van der Waals surface area contributed by atoms with Gasteiger partial charge < -0.3 is 9.88 Å².